The van der Waals surface area contributed by atoms with Gasteiger partial charge in [0, 0.05) is 32.4 Å². The van der Waals surface area contributed by atoms with Gasteiger partial charge in [0.25, 0.3) is 0 Å². The zero-order valence-electron chi connectivity index (χ0n) is 13.7. The molecule has 0 aliphatic carbocycles. The lowest BCUT2D eigenvalue weighted by Gasteiger charge is -2.09. The maximum Gasteiger partial charge on any atom is 0.219 e. The summed E-state index contributed by atoms with van der Waals surface area (Å²) in [7, 11) is 1.78. The molecule has 0 saturated heterocycles. The monoisotopic (exact) mass is 274 g/mol. The molecule has 0 rings (SSSR count). The maximum atomic E-state index is 10.3. The quantitative estimate of drug-likeness (QED) is 0.408. The SMILES string of the molecule is CC(=O)N=[N+]=[N-].CCC.CCC.CCN(C)C(C)=O. The van der Waals surface area contributed by atoms with E-state index in [1.54, 1.807) is 18.9 Å². The third-order valence-corrected chi connectivity index (χ3v) is 1.20. The smallest absolute Gasteiger partial charge is 0.219 e. The Morgan fingerprint density at radius 1 is 1.05 bits per heavy atom. The summed E-state index contributed by atoms with van der Waals surface area (Å²) >= 11 is 0. The molecule has 0 unspecified atom stereocenters. The van der Waals surface area contributed by atoms with Crippen LogP contribution < -0.4 is 0 Å². The molecule has 6 heteroatoms. The van der Waals surface area contributed by atoms with Crippen LogP contribution in [0.4, 0.5) is 0 Å². The Bertz CT molecular complexity index is 247. The fraction of sp³-hybridized carbons (Fsp3) is 0.846. The van der Waals surface area contributed by atoms with E-state index in [-0.39, 0.29) is 5.91 Å². The summed E-state index contributed by atoms with van der Waals surface area (Å²) in [6, 6.07) is 0. The van der Waals surface area contributed by atoms with Crippen LogP contribution in [0.1, 0.15) is 61.3 Å². The summed E-state index contributed by atoms with van der Waals surface area (Å²) in [6.07, 6.45) is 2.50. The zero-order chi connectivity index (χ0) is 16.3. The molecule has 0 spiro atoms. The highest BCUT2D eigenvalue weighted by Crippen LogP contribution is 1.78. The highest BCUT2D eigenvalue weighted by atomic mass is 16.2. The second kappa shape index (κ2) is 25.3. The number of azide groups is 1. The Kier molecular flexibility index (Phi) is 34.8. The first-order valence-electron chi connectivity index (χ1n) is 6.55. The highest BCUT2D eigenvalue weighted by molar-refractivity contribution is 5.73. The van der Waals surface area contributed by atoms with E-state index >= 15 is 0 Å². The van der Waals surface area contributed by atoms with E-state index in [1.807, 2.05) is 6.92 Å². The standard InChI is InChI=1S/C5H11NO.2C3H8.C2H3N3O/c1-4-6(3)5(2)7;2*1-3-2;1-2(6)4-5-3/h4H2,1-3H3;2*3H2,1-2H3;1H3. The molecule has 6 nitrogen and oxygen atoms in total. The second-order valence-corrected chi connectivity index (χ2v) is 3.66. The van der Waals surface area contributed by atoms with Crippen molar-refractivity contribution < 1.29 is 9.59 Å². The van der Waals surface area contributed by atoms with Gasteiger partial charge in [-0.3, -0.25) is 9.59 Å². The number of hydrogen-bond acceptors (Lipinski definition) is 2. The van der Waals surface area contributed by atoms with Gasteiger partial charge >= 0.3 is 0 Å². The molecule has 2 amide bonds. The van der Waals surface area contributed by atoms with Crippen LogP contribution >= 0.6 is 0 Å². The minimum Gasteiger partial charge on any atom is -0.346 e. The van der Waals surface area contributed by atoms with E-state index in [9.17, 15) is 9.59 Å². The van der Waals surface area contributed by atoms with Crippen molar-refractivity contribution in [3.8, 4) is 0 Å². The number of nitrogens with zero attached hydrogens (tertiary/aromatic N) is 4. The van der Waals surface area contributed by atoms with Crippen molar-refractivity contribution in [2.75, 3.05) is 13.6 Å². The lowest BCUT2D eigenvalue weighted by Crippen LogP contribution is -2.22. The molecule has 0 N–H and O–H groups in total. The molecule has 0 radical (unpaired) electrons. The predicted octanol–water partition coefficient (Wildman–Crippen LogP) is 4.16. The Morgan fingerprint density at radius 2 is 1.37 bits per heavy atom. The van der Waals surface area contributed by atoms with Crippen LogP contribution in [0, 0.1) is 0 Å². The molecule has 0 aromatic heterocycles. The van der Waals surface area contributed by atoms with E-state index in [2.05, 4.69) is 37.7 Å². The molecule has 114 valence electrons. The second-order valence-electron chi connectivity index (χ2n) is 3.66. The highest BCUT2D eigenvalue weighted by Gasteiger charge is 1.93. The number of hydrogen-bond donors (Lipinski definition) is 0. The van der Waals surface area contributed by atoms with Crippen molar-refractivity contribution in [1.29, 1.82) is 0 Å². The number of amides is 2. The van der Waals surface area contributed by atoms with E-state index in [1.165, 1.54) is 19.8 Å². The Balaban J connectivity index is -0.0000000851. The largest absolute Gasteiger partial charge is 0.346 e. The van der Waals surface area contributed by atoms with Crippen LogP contribution in [-0.4, -0.2) is 30.3 Å². The van der Waals surface area contributed by atoms with Crippen LogP contribution in [0.2, 0.25) is 0 Å². The van der Waals surface area contributed by atoms with Crippen molar-refractivity contribution in [2.24, 2.45) is 5.11 Å². The molecule has 0 saturated carbocycles. The molecule has 0 heterocycles. The number of carbonyl (C=O) groups excluding carboxylic acids is 2. The van der Waals surface area contributed by atoms with Gasteiger partial charge < -0.3 is 4.90 Å². The van der Waals surface area contributed by atoms with Crippen molar-refractivity contribution in [3.05, 3.63) is 10.4 Å². The summed E-state index contributed by atoms with van der Waals surface area (Å²) in [6.45, 7) is 14.0. The van der Waals surface area contributed by atoms with Crippen LogP contribution in [-0.2, 0) is 9.59 Å². The van der Waals surface area contributed by atoms with Gasteiger partial charge in [-0.15, -0.1) is 0 Å². The van der Waals surface area contributed by atoms with Gasteiger partial charge in [-0.25, -0.2) is 0 Å². The molecule has 0 aromatic rings. The fourth-order valence-electron chi connectivity index (χ4n) is 0.286. The van der Waals surface area contributed by atoms with E-state index < -0.39 is 5.91 Å². The molecular formula is C13H30N4O2. The Morgan fingerprint density at radius 3 is 1.37 bits per heavy atom. The van der Waals surface area contributed by atoms with Gasteiger partial charge in [-0.05, 0) is 17.6 Å². The summed E-state index contributed by atoms with van der Waals surface area (Å²) in [5.41, 5.74) is 7.47. The lowest BCUT2D eigenvalue weighted by atomic mass is 10.6. The minimum absolute atomic E-state index is 0.127. The summed E-state index contributed by atoms with van der Waals surface area (Å²) in [4.78, 5) is 23.8. The van der Waals surface area contributed by atoms with E-state index in [0.29, 0.717) is 0 Å². The van der Waals surface area contributed by atoms with Gasteiger partial charge in [0.15, 0.2) is 0 Å². The topological polar surface area (TPSA) is 86.1 Å². The van der Waals surface area contributed by atoms with Gasteiger partial charge in [0.2, 0.25) is 11.8 Å². The minimum atomic E-state index is -0.502. The van der Waals surface area contributed by atoms with Crippen molar-refractivity contribution in [3.63, 3.8) is 0 Å². The van der Waals surface area contributed by atoms with Gasteiger partial charge in [-0.1, -0.05) is 40.5 Å². The molecule has 0 fully saturated rings. The summed E-state index contributed by atoms with van der Waals surface area (Å²) in [5, 5.41) is 2.67. The average Bonchev–Trinajstić information content (AvgIpc) is 2.30. The van der Waals surface area contributed by atoms with Gasteiger partial charge in [0.05, 0.1) is 0 Å². The summed E-state index contributed by atoms with van der Waals surface area (Å²) < 4.78 is 0. The first kappa shape index (κ1) is 26.1. The van der Waals surface area contributed by atoms with Crippen LogP contribution in [0.15, 0.2) is 5.11 Å². The van der Waals surface area contributed by atoms with E-state index in [0.717, 1.165) is 6.54 Å². The number of rotatable bonds is 1. The molecule has 0 bridgehead atoms. The van der Waals surface area contributed by atoms with Gasteiger partial charge in [0.1, 0.15) is 0 Å². The zero-order valence-corrected chi connectivity index (χ0v) is 13.7. The lowest BCUT2D eigenvalue weighted by molar-refractivity contribution is -0.127. The first-order chi connectivity index (χ1) is 8.78. The molecule has 19 heavy (non-hydrogen) atoms. The Labute approximate surface area is 117 Å². The third-order valence-electron chi connectivity index (χ3n) is 1.20. The van der Waals surface area contributed by atoms with Crippen molar-refractivity contribution >= 4 is 11.8 Å². The van der Waals surface area contributed by atoms with Crippen molar-refractivity contribution in [1.82, 2.24) is 4.90 Å². The predicted molar refractivity (Wildman–Crippen MR) is 80.7 cm³/mol. The molecule has 0 aliphatic rings. The number of carbonyl (C=O) groups is 2. The maximum absolute atomic E-state index is 10.3. The fourth-order valence-corrected chi connectivity index (χ4v) is 0.286. The molecule has 0 atom stereocenters. The van der Waals surface area contributed by atoms with Gasteiger partial charge in [-0.2, -0.15) is 0 Å². The first-order valence-corrected chi connectivity index (χ1v) is 6.55. The molecule has 0 aliphatic heterocycles. The average molecular weight is 274 g/mol. The molecule has 0 aromatic carbocycles. The third kappa shape index (κ3) is 61.9. The normalized spacial score (nSPS) is 6.95. The van der Waals surface area contributed by atoms with Crippen LogP contribution in [0.5, 0.6) is 0 Å². The summed E-state index contributed by atoms with van der Waals surface area (Å²) in [5.74, 6) is -0.375. The van der Waals surface area contributed by atoms with E-state index in [4.69, 9.17) is 5.53 Å². The Hall–Kier alpha value is -1.55. The molecular weight excluding hydrogens is 244 g/mol. The van der Waals surface area contributed by atoms with Crippen molar-refractivity contribution in [2.45, 2.75) is 61.3 Å². The van der Waals surface area contributed by atoms with Crippen LogP contribution in [0.25, 0.3) is 10.4 Å². The van der Waals surface area contributed by atoms with Crippen LogP contribution in [0.3, 0.4) is 0 Å².